The Kier molecular flexibility index (Phi) is 7.24. The summed E-state index contributed by atoms with van der Waals surface area (Å²) >= 11 is 0. The lowest BCUT2D eigenvalue weighted by Gasteiger charge is -2.35. The molecule has 0 radical (unpaired) electrons. The van der Waals surface area contributed by atoms with Crippen molar-refractivity contribution in [1.82, 2.24) is 10.2 Å². The largest absolute Gasteiger partial charge is 0.381 e. The molecule has 2 heterocycles. The number of amides is 2. The van der Waals surface area contributed by atoms with Crippen molar-refractivity contribution >= 4 is 11.8 Å². The molecule has 0 saturated carbocycles. The third kappa shape index (κ3) is 5.78. The number of nitrogens with one attached hydrogen (secondary N) is 1. The lowest BCUT2D eigenvalue weighted by molar-refractivity contribution is -0.130. The first-order valence-corrected chi connectivity index (χ1v) is 10.1. The fraction of sp³-hybridized carbons (Fsp3) is 0.619. The van der Waals surface area contributed by atoms with Crippen LogP contribution in [-0.2, 0) is 14.3 Å². The molecule has 1 unspecified atom stereocenters. The van der Waals surface area contributed by atoms with Gasteiger partial charge >= 0.3 is 0 Å². The van der Waals surface area contributed by atoms with Crippen LogP contribution in [0.25, 0.3) is 0 Å². The Morgan fingerprint density at radius 1 is 1.07 bits per heavy atom. The topological polar surface area (TPSA) is 84.7 Å². The number of ether oxygens (including phenoxy) is 1. The van der Waals surface area contributed by atoms with E-state index >= 15 is 0 Å². The summed E-state index contributed by atoms with van der Waals surface area (Å²) in [5.74, 6) is -0.593. The minimum Gasteiger partial charge on any atom is -0.381 e. The van der Waals surface area contributed by atoms with Crippen molar-refractivity contribution < 1.29 is 14.3 Å². The number of rotatable bonds is 7. The molecule has 0 aromatic heterocycles. The minimum atomic E-state index is -0.917. The van der Waals surface area contributed by atoms with Gasteiger partial charge in [0.2, 0.25) is 11.8 Å². The zero-order valence-corrected chi connectivity index (χ0v) is 15.9. The molecule has 1 atom stereocenters. The number of nitrogens with zero attached hydrogens (tertiary/aromatic N) is 1. The lowest BCUT2D eigenvalue weighted by atomic mass is 9.93. The van der Waals surface area contributed by atoms with Crippen LogP contribution in [0, 0.1) is 11.8 Å². The third-order valence-electron chi connectivity index (χ3n) is 5.81. The minimum absolute atomic E-state index is 0.293. The van der Waals surface area contributed by atoms with Crippen molar-refractivity contribution in [3.8, 4) is 0 Å². The molecular formula is C21H31N3O3. The van der Waals surface area contributed by atoms with Gasteiger partial charge in [-0.2, -0.15) is 0 Å². The van der Waals surface area contributed by atoms with E-state index in [1.165, 1.54) is 19.4 Å². The van der Waals surface area contributed by atoms with Crippen molar-refractivity contribution in [2.24, 2.45) is 17.6 Å². The number of likely N-dealkylation sites (tertiary alicyclic amines) is 1. The van der Waals surface area contributed by atoms with Crippen LogP contribution >= 0.6 is 0 Å². The molecule has 2 aliphatic heterocycles. The van der Waals surface area contributed by atoms with Crippen LogP contribution in [0.4, 0.5) is 0 Å². The van der Waals surface area contributed by atoms with Gasteiger partial charge in [0.25, 0.3) is 0 Å². The average molecular weight is 373 g/mol. The maximum Gasteiger partial charge on any atom is 0.237 e. The summed E-state index contributed by atoms with van der Waals surface area (Å²) in [5, 5.41) is 2.95. The molecule has 2 aliphatic rings. The molecule has 1 aromatic carbocycles. The molecule has 2 amide bonds. The van der Waals surface area contributed by atoms with Crippen LogP contribution in [0.2, 0.25) is 0 Å². The quantitative estimate of drug-likeness (QED) is 0.710. The van der Waals surface area contributed by atoms with Crippen LogP contribution < -0.4 is 11.1 Å². The fourth-order valence-corrected chi connectivity index (χ4v) is 4.10. The summed E-state index contributed by atoms with van der Waals surface area (Å²) in [6.07, 6.45) is 4.50. The molecule has 148 valence electrons. The summed E-state index contributed by atoms with van der Waals surface area (Å²) in [7, 11) is 0. The van der Waals surface area contributed by atoms with E-state index in [9.17, 15) is 9.59 Å². The monoisotopic (exact) mass is 373 g/mol. The van der Waals surface area contributed by atoms with Crippen molar-refractivity contribution in [3.05, 3.63) is 35.9 Å². The van der Waals surface area contributed by atoms with Gasteiger partial charge in [-0.15, -0.1) is 0 Å². The van der Waals surface area contributed by atoms with E-state index in [1.54, 1.807) is 12.1 Å². The van der Waals surface area contributed by atoms with Crippen LogP contribution in [0.3, 0.4) is 0 Å². The number of carbonyl (C=O) groups excluding carboxylic acids is 2. The molecule has 0 bridgehead atoms. The number of hydrogen-bond donors (Lipinski definition) is 2. The maximum absolute atomic E-state index is 12.5. The summed E-state index contributed by atoms with van der Waals surface area (Å²) in [6, 6.07) is 9.01. The molecule has 6 heteroatoms. The molecule has 2 saturated heterocycles. The van der Waals surface area contributed by atoms with Crippen molar-refractivity contribution in [2.45, 2.75) is 31.6 Å². The molecule has 3 rings (SSSR count). The van der Waals surface area contributed by atoms with Gasteiger partial charge in [0.15, 0.2) is 0 Å². The highest BCUT2D eigenvalue weighted by molar-refractivity contribution is 6.05. The molecular weight excluding hydrogens is 342 g/mol. The Morgan fingerprint density at radius 2 is 1.74 bits per heavy atom. The Bertz CT molecular complexity index is 608. The van der Waals surface area contributed by atoms with Gasteiger partial charge in [-0.3, -0.25) is 9.59 Å². The molecule has 0 spiro atoms. The van der Waals surface area contributed by atoms with Gasteiger partial charge in [0.05, 0.1) is 0 Å². The summed E-state index contributed by atoms with van der Waals surface area (Å²) in [4.78, 5) is 26.8. The fourth-order valence-electron chi connectivity index (χ4n) is 4.10. The normalized spacial score (nSPS) is 20.9. The SMILES string of the molecule is NC(=O)C(C(=O)NCC1CCN(CC2CCOCC2)CC1)c1ccccc1. The predicted molar refractivity (Wildman–Crippen MR) is 104 cm³/mol. The van der Waals surface area contributed by atoms with E-state index in [1.807, 2.05) is 18.2 Å². The van der Waals surface area contributed by atoms with Gasteiger partial charge in [0, 0.05) is 26.3 Å². The van der Waals surface area contributed by atoms with E-state index in [0.717, 1.165) is 45.1 Å². The smallest absolute Gasteiger partial charge is 0.237 e. The van der Waals surface area contributed by atoms with E-state index < -0.39 is 11.8 Å². The molecule has 1 aromatic rings. The Morgan fingerprint density at radius 3 is 2.37 bits per heavy atom. The van der Waals surface area contributed by atoms with Crippen molar-refractivity contribution in [1.29, 1.82) is 0 Å². The Balaban J connectivity index is 1.42. The van der Waals surface area contributed by atoms with E-state index in [4.69, 9.17) is 10.5 Å². The van der Waals surface area contributed by atoms with Gasteiger partial charge in [-0.25, -0.2) is 0 Å². The second-order valence-electron chi connectivity index (χ2n) is 7.79. The zero-order chi connectivity index (χ0) is 19.1. The van der Waals surface area contributed by atoms with Crippen molar-refractivity contribution in [3.63, 3.8) is 0 Å². The molecule has 3 N–H and O–H groups in total. The highest BCUT2D eigenvalue weighted by Gasteiger charge is 2.28. The molecule has 27 heavy (non-hydrogen) atoms. The Hall–Kier alpha value is -1.92. The zero-order valence-electron chi connectivity index (χ0n) is 15.9. The van der Waals surface area contributed by atoms with E-state index in [2.05, 4.69) is 10.2 Å². The standard InChI is InChI=1S/C21H31N3O3/c22-20(25)19(18-4-2-1-3-5-18)21(26)23-14-16-6-10-24(11-7-16)15-17-8-12-27-13-9-17/h1-5,16-17,19H,6-15H2,(H2,22,25)(H,23,26). The van der Waals surface area contributed by atoms with Gasteiger partial charge in [-0.05, 0) is 56.2 Å². The average Bonchev–Trinajstić information content (AvgIpc) is 2.69. The van der Waals surface area contributed by atoms with E-state index in [0.29, 0.717) is 18.0 Å². The van der Waals surface area contributed by atoms with Crippen LogP contribution in [-0.4, -0.2) is 56.1 Å². The number of piperidine rings is 1. The first-order valence-electron chi connectivity index (χ1n) is 10.1. The van der Waals surface area contributed by atoms with E-state index in [-0.39, 0.29) is 5.91 Å². The van der Waals surface area contributed by atoms with Crippen LogP contribution in [0.1, 0.15) is 37.2 Å². The molecule has 6 nitrogen and oxygen atoms in total. The molecule has 2 fully saturated rings. The first-order chi connectivity index (χ1) is 13.1. The van der Waals surface area contributed by atoms with Crippen LogP contribution in [0.5, 0.6) is 0 Å². The second-order valence-corrected chi connectivity index (χ2v) is 7.79. The number of primary amides is 1. The number of carbonyl (C=O) groups is 2. The number of nitrogens with two attached hydrogens (primary N) is 1. The van der Waals surface area contributed by atoms with Crippen molar-refractivity contribution in [2.75, 3.05) is 39.4 Å². The second kappa shape index (κ2) is 9.85. The first kappa shape index (κ1) is 19.8. The summed E-state index contributed by atoms with van der Waals surface area (Å²) in [6.45, 7) is 5.73. The maximum atomic E-state index is 12.5. The highest BCUT2D eigenvalue weighted by atomic mass is 16.5. The summed E-state index contributed by atoms with van der Waals surface area (Å²) in [5.41, 5.74) is 6.12. The highest BCUT2D eigenvalue weighted by Crippen LogP contribution is 2.22. The molecule has 0 aliphatic carbocycles. The predicted octanol–water partition coefficient (Wildman–Crippen LogP) is 1.51. The van der Waals surface area contributed by atoms with Crippen LogP contribution in [0.15, 0.2) is 30.3 Å². The Labute approximate surface area is 161 Å². The van der Waals surface area contributed by atoms with Gasteiger partial charge in [0.1, 0.15) is 5.92 Å². The van der Waals surface area contributed by atoms with Gasteiger partial charge < -0.3 is 20.7 Å². The summed E-state index contributed by atoms with van der Waals surface area (Å²) < 4.78 is 5.44. The van der Waals surface area contributed by atoms with Gasteiger partial charge in [-0.1, -0.05) is 30.3 Å². The third-order valence-corrected chi connectivity index (χ3v) is 5.81. The lowest BCUT2D eigenvalue weighted by Crippen LogP contribution is -2.43. The number of benzene rings is 1. The number of hydrogen-bond acceptors (Lipinski definition) is 4.